The molecule has 0 saturated heterocycles. The summed E-state index contributed by atoms with van der Waals surface area (Å²) in [6.45, 7) is 0.832. The van der Waals surface area contributed by atoms with E-state index < -0.39 is 12.0 Å². The van der Waals surface area contributed by atoms with Crippen molar-refractivity contribution in [3.63, 3.8) is 0 Å². The highest BCUT2D eigenvalue weighted by Crippen LogP contribution is 2.38. The van der Waals surface area contributed by atoms with Gasteiger partial charge in [-0.1, -0.05) is 0 Å². The number of anilines is 1. The maximum absolute atomic E-state index is 11.9. The summed E-state index contributed by atoms with van der Waals surface area (Å²) >= 11 is 1.31. The Hall–Kier alpha value is -2.09. The maximum atomic E-state index is 11.9. The van der Waals surface area contributed by atoms with E-state index in [0.29, 0.717) is 30.1 Å². The Morgan fingerprint density at radius 1 is 1.36 bits per heavy atom. The van der Waals surface area contributed by atoms with Gasteiger partial charge in [-0.25, -0.2) is 4.79 Å². The summed E-state index contributed by atoms with van der Waals surface area (Å²) < 4.78 is 4.72. The summed E-state index contributed by atoms with van der Waals surface area (Å²) in [5.41, 5.74) is 6.71. The molecule has 0 unspecified atom stereocenters. The Kier molecular flexibility index (Phi) is 3.78. The number of methoxy groups -OCH3 is 1. The molecule has 1 saturated carbocycles. The summed E-state index contributed by atoms with van der Waals surface area (Å²) in [7, 11) is 1.34. The van der Waals surface area contributed by atoms with Crippen LogP contribution in [0.15, 0.2) is 0 Å². The second-order valence-electron chi connectivity index (χ2n) is 5.48. The SMILES string of the molecule is COC(=O)N1CCc2c(sc(NC(=O)C3CC3)c2C(N)=O)C1. The first-order chi connectivity index (χ1) is 10.5. The summed E-state index contributed by atoms with van der Waals surface area (Å²) in [6.07, 6.45) is 1.90. The molecule has 7 nitrogen and oxygen atoms in total. The van der Waals surface area contributed by atoms with Crippen molar-refractivity contribution < 1.29 is 19.1 Å². The van der Waals surface area contributed by atoms with Crippen molar-refractivity contribution in [3.05, 3.63) is 16.0 Å². The fourth-order valence-corrected chi connectivity index (χ4v) is 3.87. The van der Waals surface area contributed by atoms with Crippen LogP contribution >= 0.6 is 11.3 Å². The number of amides is 3. The van der Waals surface area contributed by atoms with Gasteiger partial charge in [0, 0.05) is 17.3 Å². The van der Waals surface area contributed by atoms with Crippen LogP contribution < -0.4 is 11.1 Å². The number of rotatable bonds is 3. The molecule has 0 bridgehead atoms. The van der Waals surface area contributed by atoms with Crippen LogP contribution in [0, 0.1) is 5.92 Å². The van der Waals surface area contributed by atoms with Crippen LogP contribution in [-0.4, -0.2) is 36.5 Å². The highest BCUT2D eigenvalue weighted by atomic mass is 32.1. The molecule has 1 aliphatic carbocycles. The summed E-state index contributed by atoms with van der Waals surface area (Å²) in [4.78, 5) is 37.8. The summed E-state index contributed by atoms with van der Waals surface area (Å²) in [5.74, 6) is -0.563. The minimum atomic E-state index is -0.546. The number of thiophene rings is 1. The van der Waals surface area contributed by atoms with E-state index in [1.807, 2.05) is 0 Å². The smallest absolute Gasteiger partial charge is 0.409 e. The van der Waals surface area contributed by atoms with E-state index in [4.69, 9.17) is 10.5 Å². The molecule has 3 rings (SSSR count). The van der Waals surface area contributed by atoms with Crippen molar-refractivity contribution in [2.24, 2.45) is 11.7 Å². The summed E-state index contributed by atoms with van der Waals surface area (Å²) in [5, 5.41) is 3.31. The van der Waals surface area contributed by atoms with E-state index >= 15 is 0 Å². The molecule has 2 aliphatic rings. The molecule has 1 fully saturated rings. The third-order valence-electron chi connectivity index (χ3n) is 3.92. The zero-order chi connectivity index (χ0) is 15.9. The fourth-order valence-electron chi connectivity index (χ4n) is 2.60. The molecule has 3 amide bonds. The number of primary amides is 1. The monoisotopic (exact) mass is 323 g/mol. The number of ether oxygens (including phenoxy) is 1. The Morgan fingerprint density at radius 3 is 2.68 bits per heavy atom. The zero-order valence-corrected chi connectivity index (χ0v) is 13.0. The van der Waals surface area contributed by atoms with Gasteiger partial charge < -0.3 is 20.7 Å². The number of fused-ring (bicyclic) bond motifs is 1. The minimum absolute atomic E-state index is 0.0476. The van der Waals surface area contributed by atoms with Gasteiger partial charge in [0.1, 0.15) is 5.00 Å². The second-order valence-corrected chi connectivity index (χ2v) is 6.58. The van der Waals surface area contributed by atoms with E-state index in [1.165, 1.54) is 18.4 Å². The van der Waals surface area contributed by atoms with Crippen LogP contribution in [0.4, 0.5) is 9.80 Å². The third-order valence-corrected chi connectivity index (χ3v) is 5.05. The van der Waals surface area contributed by atoms with Crippen LogP contribution in [0.1, 0.15) is 33.6 Å². The van der Waals surface area contributed by atoms with Gasteiger partial charge in [-0.2, -0.15) is 0 Å². The molecule has 1 aromatic rings. The molecule has 0 radical (unpaired) electrons. The number of carbonyl (C=O) groups is 3. The molecule has 0 aromatic carbocycles. The van der Waals surface area contributed by atoms with Gasteiger partial charge in [0.15, 0.2) is 0 Å². The molecule has 1 aliphatic heterocycles. The summed E-state index contributed by atoms with van der Waals surface area (Å²) in [6, 6.07) is 0. The quantitative estimate of drug-likeness (QED) is 0.875. The number of carbonyl (C=O) groups excluding carboxylic acids is 3. The van der Waals surface area contributed by atoms with Crippen molar-refractivity contribution >= 4 is 34.2 Å². The van der Waals surface area contributed by atoms with E-state index in [0.717, 1.165) is 23.3 Å². The average Bonchev–Trinajstić information content (AvgIpc) is 3.27. The number of nitrogens with zero attached hydrogens (tertiary/aromatic N) is 1. The number of hydrogen-bond acceptors (Lipinski definition) is 5. The molecular formula is C14H17N3O4S. The normalized spacial score (nSPS) is 16.9. The van der Waals surface area contributed by atoms with E-state index in [2.05, 4.69) is 5.32 Å². The van der Waals surface area contributed by atoms with Gasteiger partial charge in [0.25, 0.3) is 5.91 Å². The Bertz CT molecular complexity index is 651. The van der Waals surface area contributed by atoms with E-state index in [-0.39, 0.29) is 11.8 Å². The molecule has 2 heterocycles. The molecular weight excluding hydrogens is 306 g/mol. The molecule has 0 atom stereocenters. The lowest BCUT2D eigenvalue weighted by Crippen LogP contribution is -2.35. The fraction of sp³-hybridized carbons (Fsp3) is 0.500. The van der Waals surface area contributed by atoms with Crippen LogP contribution in [-0.2, 0) is 22.5 Å². The predicted octanol–water partition coefficient (Wildman–Crippen LogP) is 1.32. The van der Waals surface area contributed by atoms with Crippen molar-refractivity contribution in [3.8, 4) is 0 Å². The molecule has 8 heteroatoms. The zero-order valence-electron chi connectivity index (χ0n) is 12.2. The first-order valence-electron chi connectivity index (χ1n) is 7.09. The van der Waals surface area contributed by atoms with Gasteiger partial charge in [0.05, 0.1) is 19.2 Å². The Balaban J connectivity index is 1.88. The van der Waals surface area contributed by atoms with Crippen LogP contribution in [0.5, 0.6) is 0 Å². The lowest BCUT2D eigenvalue weighted by Gasteiger charge is -2.25. The highest BCUT2D eigenvalue weighted by Gasteiger charge is 2.33. The lowest BCUT2D eigenvalue weighted by molar-refractivity contribution is -0.117. The molecule has 22 heavy (non-hydrogen) atoms. The number of hydrogen-bond donors (Lipinski definition) is 2. The predicted molar refractivity (Wildman–Crippen MR) is 80.7 cm³/mol. The number of nitrogens with one attached hydrogen (secondary N) is 1. The largest absolute Gasteiger partial charge is 0.453 e. The molecule has 1 aromatic heterocycles. The maximum Gasteiger partial charge on any atom is 0.409 e. The Morgan fingerprint density at radius 2 is 2.09 bits per heavy atom. The van der Waals surface area contributed by atoms with Crippen molar-refractivity contribution in [2.75, 3.05) is 19.0 Å². The first kappa shape index (κ1) is 14.8. The van der Waals surface area contributed by atoms with Crippen LogP contribution in [0.3, 0.4) is 0 Å². The minimum Gasteiger partial charge on any atom is -0.453 e. The topological polar surface area (TPSA) is 102 Å². The lowest BCUT2D eigenvalue weighted by atomic mass is 10.0. The average molecular weight is 323 g/mol. The highest BCUT2D eigenvalue weighted by molar-refractivity contribution is 7.17. The van der Waals surface area contributed by atoms with Gasteiger partial charge in [-0.05, 0) is 24.8 Å². The van der Waals surface area contributed by atoms with Gasteiger partial charge in [-0.3, -0.25) is 9.59 Å². The van der Waals surface area contributed by atoms with Crippen LogP contribution in [0.25, 0.3) is 0 Å². The van der Waals surface area contributed by atoms with Gasteiger partial charge >= 0.3 is 6.09 Å². The van der Waals surface area contributed by atoms with Crippen molar-refractivity contribution in [1.82, 2.24) is 4.90 Å². The molecule has 118 valence electrons. The van der Waals surface area contributed by atoms with Crippen molar-refractivity contribution in [2.45, 2.75) is 25.8 Å². The molecule has 0 spiro atoms. The van der Waals surface area contributed by atoms with E-state index in [1.54, 1.807) is 4.90 Å². The Labute approximate surface area is 131 Å². The first-order valence-corrected chi connectivity index (χ1v) is 7.91. The third kappa shape index (κ3) is 2.66. The van der Waals surface area contributed by atoms with Crippen LogP contribution in [0.2, 0.25) is 0 Å². The van der Waals surface area contributed by atoms with E-state index in [9.17, 15) is 14.4 Å². The van der Waals surface area contributed by atoms with Crippen molar-refractivity contribution in [1.29, 1.82) is 0 Å². The second kappa shape index (κ2) is 5.60. The molecule has 3 N–H and O–H groups in total. The number of nitrogens with two attached hydrogens (primary N) is 1. The standard InChI is InChI=1S/C14H17N3O4S/c1-21-14(20)17-5-4-8-9(6-17)22-13(10(8)11(15)18)16-12(19)7-2-3-7/h7H,2-6H2,1H3,(H2,15,18)(H,16,19). The van der Waals surface area contributed by atoms with Gasteiger partial charge in [-0.15, -0.1) is 11.3 Å². The van der Waals surface area contributed by atoms with Gasteiger partial charge in [0.2, 0.25) is 5.91 Å².